The Morgan fingerprint density at radius 1 is 1.12 bits per heavy atom. The maximum absolute atomic E-state index is 3.81. The van der Waals surface area contributed by atoms with Gasteiger partial charge in [0.25, 0.3) is 0 Å². The fourth-order valence-electron chi connectivity index (χ4n) is 3.23. The summed E-state index contributed by atoms with van der Waals surface area (Å²) in [5.41, 5.74) is 1.57. The molecule has 2 aliphatic carbocycles. The zero-order valence-electron chi connectivity index (χ0n) is 10.8. The van der Waals surface area contributed by atoms with Crippen molar-refractivity contribution >= 4 is 0 Å². The van der Waals surface area contributed by atoms with Crippen molar-refractivity contribution in [3.8, 4) is 0 Å². The lowest BCUT2D eigenvalue weighted by Crippen LogP contribution is -2.31. The molecule has 0 heterocycles. The third-order valence-corrected chi connectivity index (χ3v) is 4.11. The molecule has 2 rings (SSSR count). The van der Waals surface area contributed by atoms with E-state index in [0.717, 1.165) is 12.0 Å². The first-order chi connectivity index (χ1) is 7.88. The molecule has 0 saturated heterocycles. The number of nitrogens with one attached hydrogen (secondary N) is 1. The van der Waals surface area contributed by atoms with Crippen molar-refractivity contribution in [1.82, 2.24) is 5.32 Å². The fourth-order valence-corrected chi connectivity index (χ4v) is 3.23. The smallest absolute Gasteiger partial charge is 0.0258 e. The third kappa shape index (κ3) is 3.54. The summed E-state index contributed by atoms with van der Waals surface area (Å²) in [5, 5.41) is 3.81. The van der Waals surface area contributed by atoms with E-state index < -0.39 is 0 Å². The minimum Gasteiger partial charge on any atom is -0.386 e. The lowest BCUT2D eigenvalue weighted by Gasteiger charge is -2.28. The summed E-state index contributed by atoms with van der Waals surface area (Å²) in [6.45, 7) is 2.30. The van der Waals surface area contributed by atoms with Crippen LogP contribution >= 0.6 is 0 Å². The quantitative estimate of drug-likeness (QED) is 0.742. The summed E-state index contributed by atoms with van der Waals surface area (Å²) in [4.78, 5) is 0. The number of rotatable bonds is 4. The molecule has 1 nitrogen and oxygen atoms in total. The molecule has 1 heteroatoms. The summed E-state index contributed by atoms with van der Waals surface area (Å²) in [5.74, 6) is 0.866. The Labute approximate surface area is 101 Å². The monoisotopic (exact) mass is 221 g/mol. The molecule has 2 aliphatic rings. The number of hydrogen-bond acceptors (Lipinski definition) is 1. The number of hydrogen-bond donors (Lipinski definition) is 1. The molecule has 1 unspecified atom stereocenters. The van der Waals surface area contributed by atoms with Gasteiger partial charge in [0.1, 0.15) is 0 Å². The Hall–Kier alpha value is -0.460. The van der Waals surface area contributed by atoms with Crippen LogP contribution in [0, 0.1) is 5.92 Å². The second-order valence-electron chi connectivity index (χ2n) is 5.61. The molecule has 0 aromatic rings. The zero-order valence-corrected chi connectivity index (χ0v) is 10.8. The molecule has 0 radical (unpaired) electrons. The normalized spacial score (nSPS) is 27.6. The minimum absolute atomic E-state index is 0.792. The van der Waals surface area contributed by atoms with Crippen LogP contribution in [0.1, 0.15) is 71.1 Å². The van der Waals surface area contributed by atoms with Gasteiger partial charge in [-0.2, -0.15) is 0 Å². The van der Waals surface area contributed by atoms with E-state index in [-0.39, 0.29) is 0 Å². The molecule has 92 valence electrons. The second kappa shape index (κ2) is 6.32. The number of allylic oxidation sites excluding steroid dienone is 2. The van der Waals surface area contributed by atoms with Gasteiger partial charge >= 0.3 is 0 Å². The topological polar surface area (TPSA) is 12.0 Å². The van der Waals surface area contributed by atoms with Gasteiger partial charge in [0.2, 0.25) is 0 Å². The fraction of sp³-hybridized carbons (Fsp3) is 0.867. The summed E-state index contributed by atoms with van der Waals surface area (Å²) in [6.07, 6.45) is 16.5. The van der Waals surface area contributed by atoms with Crippen LogP contribution in [0.4, 0.5) is 0 Å². The van der Waals surface area contributed by atoms with E-state index in [1.54, 1.807) is 5.70 Å². The molecule has 0 amide bonds. The Kier molecular flexibility index (Phi) is 4.74. The van der Waals surface area contributed by atoms with Gasteiger partial charge in [-0.1, -0.05) is 38.7 Å². The first kappa shape index (κ1) is 12.0. The molecule has 16 heavy (non-hydrogen) atoms. The van der Waals surface area contributed by atoms with E-state index in [9.17, 15) is 0 Å². The molecule has 0 spiro atoms. The van der Waals surface area contributed by atoms with E-state index in [1.165, 1.54) is 64.2 Å². The Morgan fingerprint density at radius 2 is 1.94 bits per heavy atom. The van der Waals surface area contributed by atoms with Gasteiger partial charge < -0.3 is 5.32 Å². The Morgan fingerprint density at radius 3 is 2.69 bits per heavy atom. The molecule has 1 atom stereocenters. The maximum Gasteiger partial charge on any atom is 0.0258 e. The van der Waals surface area contributed by atoms with Gasteiger partial charge in [-0.05, 0) is 44.4 Å². The van der Waals surface area contributed by atoms with Crippen molar-refractivity contribution in [3.63, 3.8) is 0 Å². The van der Waals surface area contributed by atoms with Crippen LogP contribution in [0.25, 0.3) is 0 Å². The highest BCUT2D eigenvalue weighted by atomic mass is 14.9. The van der Waals surface area contributed by atoms with Crippen molar-refractivity contribution < 1.29 is 0 Å². The molecule has 1 fully saturated rings. The van der Waals surface area contributed by atoms with Crippen LogP contribution in [0.15, 0.2) is 11.8 Å². The highest BCUT2D eigenvalue weighted by Gasteiger charge is 2.17. The van der Waals surface area contributed by atoms with Crippen molar-refractivity contribution in [1.29, 1.82) is 0 Å². The Balaban J connectivity index is 1.82. The van der Waals surface area contributed by atoms with E-state index in [4.69, 9.17) is 0 Å². The van der Waals surface area contributed by atoms with E-state index in [2.05, 4.69) is 18.3 Å². The van der Waals surface area contributed by atoms with Crippen LogP contribution < -0.4 is 5.32 Å². The predicted octanol–water partition coefficient (Wildman–Crippen LogP) is 4.39. The highest BCUT2D eigenvalue weighted by Crippen LogP contribution is 2.26. The van der Waals surface area contributed by atoms with Crippen molar-refractivity contribution in [3.05, 3.63) is 11.8 Å². The summed E-state index contributed by atoms with van der Waals surface area (Å²) >= 11 is 0. The van der Waals surface area contributed by atoms with E-state index >= 15 is 0 Å². The molecule has 0 bridgehead atoms. The van der Waals surface area contributed by atoms with Gasteiger partial charge in [0.05, 0.1) is 0 Å². The maximum atomic E-state index is 3.81. The minimum atomic E-state index is 0.792. The zero-order chi connectivity index (χ0) is 11.2. The molecule has 1 N–H and O–H groups in total. The van der Waals surface area contributed by atoms with Crippen LogP contribution in [0.5, 0.6) is 0 Å². The third-order valence-electron chi connectivity index (χ3n) is 4.11. The van der Waals surface area contributed by atoms with Crippen LogP contribution in [-0.4, -0.2) is 6.04 Å². The summed E-state index contributed by atoms with van der Waals surface area (Å²) < 4.78 is 0. The van der Waals surface area contributed by atoms with Crippen molar-refractivity contribution in [2.75, 3.05) is 0 Å². The average Bonchev–Trinajstić information content (AvgIpc) is 2.31. The van der Waals surface area contributed by atoms with Crippen LogP contribution in [0.3, 0.4) is 0 Å². The van der Waals surface area contributed by atoms with Gasteiger partial charge in [0.15, 0.2) is 0 Å². The SMILES string of the molecule is CCCC1C=C(NC2CCCCC2)CCC1. The average molecular weight is 221 g/mol. The second-order valence-corrected chi connectivity index (χ2v) is 5.61. The largest absolute Gasteiger partial charge is 0.386 e. The van der Waals surface area contributed by atoms with E-state index in [1.807, 2.05) is 0 Å². The first-order valence-corrected chi connectivity index (χ1v) is 7.35. The van der Waals surface area contributed by atoms with Gasteiger partial charge in [-0.3, -0.25) is 0 Å². The van der Waals surface area contributed by atoms with Crippen molar-refractivity contribution in [2.45, 2.75) is 77.2 Å². The first-order valence-electron chi connectivity index (χ1n) is 7.35. The van der Waals surface area contributed by atoms with Gasteiger partial charge in [-0.15, -0.1) is 0 Å². The molecule has 0 aromatic heterocycles. The molecule has 0 aromatic carbocycles. The van der Waals surface area contributed by atoms with E-state index in [0.29, 0.717) is 0 Å². The molecular weight excluding hydrogens is 194 g/mol. The summed E-state index contributed by atoms with van der Waals surface area (Å²) in [6, 6.07) is 0.792. The van der Waals surface area contributed by atoms with Gasteiger partial charge in [0, 0.05) is 11.7 Å². The molecule has 0 aliphatic heterocycles. The molecular formula is C15H27N. The van der Waals surface area contributed by atoms with Crippen molar-refractivity contribution in [2.24, 2.45) is 5.92 Å². The van der Waals surface area contributed by atoms with Gasteiger partial charge in [-0.25, -0.2) is 0 Å². The van der Waals surface area contributed by atoms with Crippen LogP contribution in [-0.2, 0) is 0 Å². The lowest BCUT2D eigenvalue weighted by atomic mass is 9.89. The highest BCUT2D eigenvalue weighted by molar-refractivity contribution is 5.07. The Bertz CT molecular complexity index is 226. The lowest BCUT2D eigenvalue weighted by molar-refractivity contribution is 0.380. The summed E-state index contributed by atoms with van der Waals surface area (Å²) in [7, 11) is 0. The predicted molar refractivity (Wildman–Crippen MR) is 70.3 cm³/mol. The standard InChI is InChI=1S/C15H27N/c1-2-7-13-8-6-11-15(12-13)16-14-9-4-3-5-10-14/h12-14,16H,2-11H2,1H3. The molecule has 1 saturated carbocycles. The van der Waals surface area contributed by atoms with Crippen LogP contribution in [0.2, 0.25) is 0 Å².